The molecule has 0 aromatic heterocycles. The zero-order chi connectivity index (χ0) is 14.5. The summed E-state index contributed by atoms with van der Waals surface area (Å²) in [6.45, 7) is 3.23. The van der Waals surface area contributed by atoms with Crippen LogP contribution < -0.4 is 5.73 Å². The predicted molar refractivity (Wildman–Crippen MR) is 82.4 cm³/mol. The first-order valence-electron chi connectivity index (χ1n) is 8.22. The van der Waals surface area contributed by atoms with Crippen molar-refractivity contribution < 1.29 is 4.79 Å². The molecule has 4 nitrogen and oxygen atoms in total. The highest BCUT2D eigenvalue weighted by atomic mass is 16.2. The predicted octanol–water partition coefficient (Wildman–Crippen LogP) is 1.69. The molecule has 1 aliphatic carbocycles. The van der Waals surface area contributed by atoms with E-state index in [1.54, 1.807) is 0 Å². The van der Waals surface area contributed by atoms with Gasteiger partial charge in [-0.2, -0.15) is 0 Å². The van der Waals surface area contributed by atoms with Crippen LogP contribution in [0.4, 0.5) is 0 Å². The minimum atomic E-state index is 0.318. The van der Waals surface area contributed by atoms with Crippen LogP contribution in [0.25, 0.3) is 0 Å². The molecule has 0 radical (unpaired) electrons. The van der Waals surface area contributed by atoms with E-state index in [4.69, 9.17) is 5.73 Å². The Morgan fingerprint density at radius 2 is 2.10 bits per heavy atom. The second-order valence-corrected chi connectivity index (χ2v) is 7.02. The number of carbonyl (C=O) groups excluding carboxylic acids is 1. The Morgan fingerprint density at radius 3 is 2.75 bits per heavy atom. The summed E-state index contributed by atoms with van der Waals surface area (Å²) in [5.41, 5.74) is 6.01. The number of likely N-dealkylation sites (tertiary alicyclic amines) is 1. The van der Waals surface area contributed by atoms with E-state index in [9.17, 15) is 4.79 Å². The van der Waals surface area contributed by atoms with E-state index in [0.717, 1.165) is 25.9 Å². The van der Waals surface area contributed by atoms with Crippen molar-refractivity contribution in [3.63, 3.8) is 0 Å². The summed E-state index contributed by atoms with van der Waals surface area (Å²) in [5, 5.41) is 0. The monoisotopic (exact) mass is 281 g/mol. The maximum absolute atomic E-state index is 12.2. The molecule has 0 spiro atoms. The fourth-order valence-corrected chi connectivity index (χ4v) is 3.78. The van der Waals surface area contributed by atoms with Crippen molar-refractivity contribution in [2.75, 3.05) is 33.7 Å². The number of amides is 1. The van der Waals surface area contributed by atoms with Crippen molar-refractivity contribution in [1.29, 1.82) is 0 Å². The minimum Gasteiger partial charge on any atom is -0.345 e. The molecule has 3 atom stereocenters. The lowest BCUT2D eigenvalue weighted by molar-refractivity contribution is -0.130. The van der Waals surface area contributed by atoms with Crippen molar-refractivity contribution in [3.8, 4) is 0 Å². The Hall–Kier alpha value is -0.610. The second-order valence-electron chi connectivity index (χ2n) is 7.02. The van der Waals surface area contributed by atoms with Crippen molar-refractivity contribution in [3.05, 3.63) is 0 Å². The molecular weight excluding hydrogens is 250 g/mol. The zero-order valence-corrected chi connectivity index (χ0v) is 13.2. The highest BCUT2D eigenvalue weighted by Crippen LogP contribution is 2.27. The zero-order valence-electron chi connectivity index (χ0n) is 13.2. The number of hydrogen-bond donors (Lipinski definition) is 1. The lowest BCUT2D eigenvalue weighted by atomic mass is 9.83. The van der Waals surface area contributed by atoms with Crippen LogP contribution in [0, 0.1) is 11.8 Å². The largest absolute Gasteiger partial charge is 0.345 e. The second kappa shape index (κ2) is 7.41. The van der Waals surface area contributed by atoms with Gasteiger partial charge in [0.1, 0.15) is 0 Å². The quantitative estimate of drug-likeness (QED) is 0.834. The molecule has 2 aliphatic rings. The van der Waals surface area contributed by atoms with Gasteiger partial charge in [0.05, 0.1) is 0 Å². The van der Waals surface area contributed by atoms with Crippen LogP contribution in [-0.2, 0) is 4.79 Å². The first-order chi connectivity index (χ1) is 9.54. The summed E-state index contributed by atoms with van der Waals surface area (Å²) in [7, 11) is 4.13. The Labute approximate surface area is 123 Å². The third-order valence-electron chi connectivity index (χ3n) is 5.04. The van der Waals surface area contributed by atoms with Crippen LogP contribution in [0.3, 0.4) is 0 Å². The third-order valence-corrected chi connectivity index (χ3v) is 5.04. The number of nitrogens with two attached hydrogens (primary N) is 1. The molecule has 1 amide bonds. The molecule has 1 saturated carbocycles. The van der Waals surface area contributed by atoms with Gasteiger partial charge in [0, 0.05) is 32.6 Å². The molecule has 1 aliphatic heterocycles. The molecule has 1 saturated heterocycles. The SMILES string of the molecule is CN1CCC(CN(C)C(=O)CCC2CCCC(N)C2)C1. The molecule has 1 heterocycles. The maximum Gasteiger partial charge on any atom is 0.222 e. The molecule has 2 rings (SSSR count). The van der Waals surface area contributed by atoms with Crippen molar-refractivity contribution in [1.82, 2.24) is 9.80 Å². The van der Waals surface area contributed by atoms with Crippen molar-refractivity contribution in [2.45, 2.75) is 51.0 Å². The van der Waals surface area contributed by atoms with Gasteiger partial charge in [-0.1, -0.05) is 12.8 Å². The van der Waals surface area contributed by atoms with E-state index in [0.29, 0.717) is 30.2 Å². The molecule has 2 fully saturated rings. The van der Waals surface area contributed by atoms with Gasteiger partial charge in [0.25, 0.3) is 0 Å². The van der Waals surface area contributed by atoms with Gasteiger partial charge in [-0.05, 0) is 51.1 Å². The molecule has 116 valence electrons. The minimum absolute atomic E-state index is 0.318. The topological polar surface area (TPSA) is 49.6 Å². The highest BCUT2D eigenvalue weighted by molar-refractivity contribution is 5.75. The van der Waals surface area contributed by atoms with E-state index in [2.05, 4.69) is 11.9 Å². The standard InChI is InChI=1S/C16H31N3O/c1-18-9-8-14(11-18)12-19(2)16(20)7-6-13-4-3-5-15(17)10-13/h13-15H,3-12,17H2,1-2H3. The van der Waals surface area contributed by atoms with Gasteiger partial charge >= 0.3 is 0 Å². The van der Waals surface area contributed by atoms with Gasteiger partial charge in [0.2, 0.25) is 5.91 Å². The Morgan fingerprint density at radius 1 is 1.30 bits per heavy atom. The smallest absolute Gasteiger partial charge is 0.222 e. The van der Waals surface area contributed by atoms with Crippen LogP contribution in [0.5, 0.6) is 0 Å². The number of rotatable bonds is 5. The van der Waals surface area contributed by atoms with Crippen molar-refractivity contribution in [2.24, 2.45) is 17.6 Å². The van der Waals surface area contributed by atoms with Gasteiger partial charge in [-0.25, -0.2) is 0 Å². The average Bonchev–Trinajstić information content (AvgIpc) is 2.81. The van der Waals surface area contributed by atoms with E-state index >= 15 is 0 Å². The van der Waals surface area contributed by atoms with Gasteiger partial charge in [-0.15, -0.1) is 0 Å². The van der Waals surface area contributed by atoms with Crippen LogP contribution in [0.2, 0.25) is 0 Å². The molecule has 3 unspecified atom stereocenters. The summed E-state index contributed by atoms with van der Waals surface area (Å²) in [6.07, 6.45) is 7.75. The van der Waals surface area contributed by atoms with Crippen LogP contribution in [-0.4, -0.2) is 55.5 Å². The number of hydrogen-bond acceptors (Lipinski definition) is 3. The summed E-state index contributed by atoms with van der Waals surface area (Å²) < 4.78 is 0. The Kier molecular flexibility index (Phi) is 5.85. The average molecular weight is 281 g/mol. The van der Waals surface area contributed by atoms with Crippen molar-refractivity contribution >= 4 is 5.91 Å². The highest BCUT2D eigenvalue weighted by Gasteiger charge is 2.24. The lowest BCUT2D eigenvalue weighted by Crippen LogP contribution is -2.33. The fraction of sp³-hybridized carbons (Fsp3) is 0.938. The summed E-state index contributed by atoms with van der Waals surface area (Å²) in [4.78, 5) is 16.5. The Balaban J connectivity index is 1.65. The normalized spacial score (nSPS) is 31.4. The molecule has 0 bridgehead atoms. The van der Waals surface area contributed by atoms with Crippen LogP contribution in [0.1, 0.15) is 44.9 Å². The van der Waals surface area contributed by atoms with E-state index in [1.807, 2.05) is 11.9 Å². The molecule has 0 aromatic carbocycles. The molecule has 0 aromatic rings. The molecule has 2 N–H and O–H groups in total. The molecule has 4 heteroatoms. The third kappa shape index (κ3) is 4.74. The van der Waals surface area contributed by atoms with E-state index in [1.165, 1.54) is 32.2 Å². The summed E-state index contributed by atoms with van der Waals surface area (Å²) >= 11 is 0. The summed E-state index contributed by atoms with van der Waals surface area (Å²) in [6, 6.07) is 0.371. The molecule has 20 heavy (non-hydrogen) atoms. The Bertz CT molecular complexity index is 321. The lowest BCUT2D eigenvalue weighted by Gasteiger charge is -2.27. The van der Waals surface area contributed by atoms with Gasteiger partial charge in [-0.3, -0.25) is 4.79 Å². The number of carbonyl (C=O) groups is 1. The summed E-state index contributed by atoms with van der Waals surface area (Å²) in [5.74, 6) is 1.66. The van der Waals surface area contributed by atoms with Gasteiger partial charge < -0.3 is 15.5 Å². The van der Waals surface area contributed by atoms with E-state index < -0.39 is 0 Å². The molecular formula is C16H31N3O. The number of nitrogens with zero attached hydrogens (tertiary/aromatic N) is 2. The van der Waals surface area contributed by atoms with Crippen LogP contribution in [0.15, 0.2) is 0 Å². The van der Waals surface area contributed by atoms with Gasteiger partial charge in [0.15, 0.2) is 0 Å². The maximum atomic E-state index is 12.2. The van der Waals surface area contributed by atoms with E-state index in [-0.39, 0.29) is 0 Å². The first-order valence-corrected chi connectivity index (χ1v) is 8.22. The first kappa shape index (κ1) is 15.8. The fourth-order valence-electron chi connectivity index (χ4n) is 3.78. The van der Waals surface area contributed by atoms with Crippen LogP contribution >= 0.6 is 0 Å².